The van der Waals surface area contributed by atoms with Gasteiger partial charge in [0.1, 0.15) is 11.5 Å². The summed E-state index contributed by atoms with van der Waals surface area (Å²) in [6.07, 6.45) is 8.35. The molecule has 1 rings (SSSR count). The molecule has 0 radical (unpaired) electrons. The largest absolute Gasteiger partial charge is 0.387 e. The van der Waals surface area contributed by atoms with Crippen LogP contribution in [-0.4, -0.2) is 10.1 Å². The van der Waals surface area contributed by atoms with Crippen LogP contribution < -0.4 is 0 Å². The maximum Gasteiger partial charge on any atom is 0.147 e. The van der Waals surface area contributed by atoms with Crippen molar-refractivity contribution in [3.05, 3.63) is 29.8 Å². The molecule has 0 spiro atoms. The molecule has 0 aliphatic heterocycles. The monoisotopic (exact) mass is 239 g/mol. The second-order valence-electron chi connectivity index (χ2n) is 4.44. The van der Waals surface area contributed by atoms with E-state index in [2.05, 4.69) is 11.9 Å². The number of hydrogen-bond donors (Lipinski definition) is 1. The van der Waals surface area contributed by atoms with E-state index in [1.54, 1.807) is 0 Å². The van der Waals surface area contributed by atoms with Gasteiger partial charge in [-0.15, -0.1) is 0 Å². The minimum atomic E-state index is -0.762. The third-order valence-electron chi connectivity index (χ3n) is 2.93. The van der Waals surface area contributed by atoms with Crippen molar-refractivity contribution in [3.8, 4) is 0 Å². The molecule has 0 fully saturated rings. The Bertz CT molecular complexity index is 317. The van der Waals surface area contributed by atoms with Crippen molar-refractivity contribution in [1.29, 1.82) is 0 Å². The molecule has 1 unspecified atom stereocenters. The van der Waals surface area contributed by atoms with Crippen LogP contribution in [0.15, 0.2) is 18.3 Å². The van der Waals surface area contributed by atoms with E-state index in [0.29, 0.717) is 6.42 Å². The average molecular weight is 239 g/mol. The Morgan fingerprint density at radius 1 is 1.24 bits per heavy atom. The zero-order valence-corrected chi connectivity index (χ0v) is 10.5. The number of unbranched alkanes of at least 4 members (excludes halogenated alkanes) is 5. The SMILES string of the molecule is CCCCCCCCC(O)c1ncccc1F. The highest BCUT2D eigenvalue weighted by Crippen LogP contribution is 2.20. The van der Waals surface area contributed by atoms with Crippen molar-refractivity contribution in [2.45, 2.75) is 58.0 Å². The van der Waals surface area contributed by atoms with Gasteiger partial charge in [-0.25, -0.2) is 4.39 Å². The van der Waals surface area contributed by atoms with Gasteiger partial charge in [0, 0.05) is 6.20 Å². The van der Waals surface area contributed by atoms with Gasteiger partial charge in [-0.2, -0.15) is 0 Å². The second-order valence-corrected chi connectivity index (χ2v) is 4.44. The van der Waals surface area contributed by atoms with E-state index in [0.717, 1.165) is 12.8 Å². The van der Waals surface area contributed by atoms with E-state index in [1.165, 1.54) is 44.0 Å². The second kappa shape index (κ2) is 8.18. The van der Waals surface area contributed by atoms with Gasteiger partial charge in [-0.05, 0) is 18.6 Å². The Morgan fingerprint density at radius 3 is 2.65 bits per heavy atom. The van der Waals surface area contributed by atoms with Crippen LogP contribution in [0.25, 0.3) is 0 Å². The molecular weight excluding hydrogens is 217 g/mol. The first-order valence-corrected chi connectivity index (χ1v) is 6.54. The normalized spacial score (nSPS) is 12.6. The zero-order chi connectivity index (χ0) is 12.5. The minimum Gasteiger partial charge on any atom is -0.387 e. The third kappa shape index (κ3) is 5.26. The summed E-state index contributed by atoms with van der Waals surface area (Å²) in [5.74, 6) is -0.411. The molecule has 0 aliphatic rings. The van der Waals surface area contributed by atoms with Crippen LogP contribution in [0.2, 0.25) is 0 Å². The highest BCUT2D eigenvalue weighted by molar-refractivity contribution is 5.09. The number of halogens is 1. The highest BCUT2D eigenvalue weighted by Gasteiger charge is 2.12. The number of aliphatic hydroxyl groups excluding tert-OH is 1. The van der Waals surface area contributed by atoms with Gasteiger partial charge < -0.3 is 5.11 Å². The van der Waals surface area contributed by atoms with Gasteiger partial charge in [-0.3, -0.25) is 4.98 Å². The van der Waals surface area contributed by atoms with E-state index < -0.39 is 11.9 Å². The molecule has 0 aliphatic carbocycles. The lowest BCUT2D eigenvalue weighted by atomic mass is 10.0. The van der Waals surface area contributed by atoms with Gasteiger partial charge in [0.2, 0.25) is 0 Å². The van der Waals surface area contributed by atoms with Crippen molar-refractivity contribution in [3.63, 3.8) is 0 Å². The zero-order valence-electron chi connectivity index (χ0n) is 10.5. The van der Waals surface area contributed by atoms with Crippen LogP contribution in [0.1, 0.15) is 63.7 Å². The van der Waals surface area contributed by atoms with Gasteiger partial charge in [0.25, 0.3) is 0 Å². The summed E-state index contributed by atoms with van der Waals surface area (Å²) in [5, 5.41) is 9.80. The summed E-state index contributed by atoms with van der Waals surface area (Å²) >= 11 is 0. The molecule has 1 atom stereocenters. The first-order chi connectivity index (χ1) is 8.25. The summed E-state index contributed by atoms with van der Waals surface area (Å²) in [7, 11) is 0. The topological polar surface area (TPSA) is 33.1 Å². The van der Waals surface area contributed by atoms with E-state index in [4.69, 9.17) is 0 Å². The molecule has 1 aromatic heterocycles. The van der Waals surface area contributed by atoms with Gasteiger partial charge in [0.15, 0.2) is 0 Å². The molecule has 0 aromatic carbocycles. The summed E-state index contributed by atoms with van der Waals surface area (Å²) < 4.78 is 13.3. The third-order valence-corrected chi connectivity index (χ3v) is 2.93. The average Bonchev–Trinajstić information content (AvgIpc) is 2.34. The molecule has 96 valence electrons. The van der Waals surface area contributed by atoms with Crippen LogP contribution >= 0.6 is 0 Å². The molecule has 0 saturated carbocycles. The van der Waals surface area contributed by atoms with Crippen LogP contribution in [0.4, 0.5) is 4.39 Å². The Hall–Kier alpha value is -0.960. The van der Waals surface area contributed by atoms with Gasteiger partial charge in [-0.1, -0.05) is 45.4 Å². The van der Waals surface area contributed by atoms with E-state index in [1.807, 2.05) is 0 Å². The Morgan fingerprint density at radius 2 is 1.94 bits per heavy atom. The number of rotatable bonds is 8. The number of hydrogen-bond acceptors (Lipinski definition) is 2. The molecular formula is C14H22FNO. The molecule has 2 nitrogen and oxygen atoms in total. The summed E-state index contributed by atoms with van der Waals surface area (Å²) in [6, 6.07) is 2.88. The lowest BCUT2D eigenvalue weighted by Crippen LogP contribution is -2.03. The fraction of sp³-hybridized carbons (Fsp3) is 0.643. The quantitative estimate of drug-likeness (QED) is 0.695. The number of aliphatic hydroxyl groups is 1. The first-order valence-electron chi connectivity index (χ1n) is 6.54. The lowest BCUT2D eigenvalue weighted by Gasteiger charge is -2.10. The van der Waals surface area contributed by atoms with Crippen molar-refractivity contribution in [2.75, 3.05) is 0 Å². The Labute approximate surface area is 103 Å². The molecule has 17 heavy (non-hydrogen) atoms. The van der Waals surface area contributed by atoms with Crippen molar-refractivity contribution >= 4 is 0 Å². The predicted molar refractivity (Wildman–Crippen MR) is 67.1 cm³/mol. The van der Waals surface area contributed by atoms with Gasteiger partial charge >= 0.3 is 0 Å². The van der Waals surface area contributed by atoms with E-state index >= 15 is 0 Å². The molecule has 0 saturated heterocycles. The fourth-order valence-electron chi connectivity index (χ4n) is 1.90. The predicted octanol–water partition coefficient (Wildman–Crippen LogP) is 4.00. The smallest absolute Gasteiger partial charge is 0.147 e. The van der Waals surface area contributed by atoms with Gasteiger partial charge in [0.05, 0.1) is 6.10 Å². The molecule has 1 aromatic rings. The Kier molecular flexibility index (Phi) is 6.78. The summed E-state index contributed by atoms with van der Waals surface area (Å²) in [4.78, 5) is 3.88. The molecule has 3 heteroatoms. The van der Waals surface area contributed by atoms with Crippen molar-refractivity contribution in [2.24, 2.45) is 0 Å². The van der Waals surface area contributed by atoms with Crippen LogP contribution in [0.5, 0.6) is 0 Å². The van der Waals surface area contributed by atoms with E-state index in [-0.39, 0.29) is 5.69 Å². The molecule has 0 bridgehead atoms. The summed E-state index contributed by atoms with van der Waals surface area (Å²) in [5.41, 5.74) is 0.182. The number of aromatic nitrogens is 1. The maximum atomic E-state index is 13.3. The van der Waals surface area contributed by atoms with Crippen LogP contribution in [0, 0.1) is 5.82 Å². The van der Waals surface area contributed by atoms with Crippen molar-refractivity contribution in [1.82, 2.24) is 4.98 Å². The van der Waals surface area contributed by atoms with Crippen LogP contribution in [-0.2, 0) is 0 Å². The van der Waals surface area contributed by atoms with Crippen molar-refractivity contribution < 1.29 is 9.50 Å². The Balaban J connectivity index is 2.21. The van der Waals surface area contributed by atoms with E-state index in [9.17, 15) is 9.50 Å². The molecule has 1 heterocycles. The summed E-state index contributed by atoms with van der Waals surface area (Å²) in [6.45, 7) is 2.19. The molecule has 0 amide bonds. The number of pyridine rings is 1. The van der Waals surface area contributed by atoms with Crippen LogP contribution in [0.3, 0.4) is 0 Å². The first kappa shape index (κ1) is 14.1. The maximum absolute atomic E-state index is 13.3. The number of nitrogens with zero attached hydrogens (tertiary/aromatic N) is 1. The standard InChI is InChI=1S/C14H22FNO/c1-2-3-4-5-6-7-10-13(17)14-12(15)9-8-11-16-14/h8-9,11,13,17H,2-7,10H2,1H3. The fourth-order valence-corrected chi connectivity index (χ4v) is 1.90. The minimum absolute atomic E-state index is 0.182. The lowest BCUT2D eigenvalue weighted by molar-refractivity contribution is 0.153. The molecule has 1 N–H and O–H groups in total. The highest BCUT2D eigenvalue weighted by atomic mass is 19.1.